The Hall–Kier alpha value is -1.79. The van der Waals surface area contributed by atoms with Crippen molar-refractivity contribution in [3.05, 3.63) is 24.3 Å². The highest BCUT2D eigenvalue weighted by molar-refractivity contribution is 5.88. The number of hydrogen-bond donors (Lipinski definition) is 1. The average Bonchev–Trinajstić information content (AvgIpc) is 2.63. The summed E-state index contributed by atoms with van der Waals surface area (Å²) in [5.41, 5.74) is 0.862. The summed E-state index contributed by atoms with van der Waals surface area (Å²) in [5.74, 6) is 0.842. The zero-order valence-corrected chi connectivity index (χ0v) is 14.4. The summed E-state index contributed by atoms with van der Waals surface area (Å²) >= 11 is 0. The zero-order chi connectivity index (χ0) is 16.8. The van der Waals surface area contributed by atoms with Gasteiger partial charge in [-0.15, -0.1) is 0 Å². The lowest BCUT2D eigenvalue weighted by Gasteiger charge is -2.31. The first-order chi connectivity index (χ1) is 11.8. The largest absolute Gasteiger partial charge is 0.492 e. The van der Waals surface area contributed by atoms with Crippen LogP contribution in [0.3, 0.4) is 0 Å². The molecule has 0 aliphatic carbocycles. The molecular weight excluding hydrogens is 306 g/mol. The van der Waals surface area contributed by atoms with E-state index < -0.39 is 0 Å². The molecule has 132 valence electrons. The lowest BCUT2D eigenvalue weighted by molar-refractivity contribution is 0.140. The van der Waals surface area contributed by atoms with Gasteiger partial charge in [0.25, 0.3) is 0 Å². The molecule has 2 heterocycles. The average molecular weight is 333 g/mol. The number of likely N-dealkylation sites (tertiary alicyclic amines) is 1. The van der Waals surface area contributed by atoms with Gasteiger partial charge < -0.3 is 14.8 Å². The maximum Gasteiger partial charge on any atom is 0.414 e. The highest BCUT2D eigenvalue weighted by Crippen LogP contribution is 2.22. The molecule has 2 fully saturated rings. The van der Waals surface area contributed by atoms with Gasteiger partial charge in [0.1, 0.15) is 12.4 Å². The van der Waals surface area contributed by atoms with Crippen molar-refractivity contribution in [2.45, 2.75) is 25.3 Å². The fourth-order valence-electron chi connectivity index (χ4n) is 3.25. The van der Waals surface area contributed by atoms with Crippen LogP contribution in [0.15, 0.2) is 24.3 Å². The van der Waals surface area contributed by atoms with Crippen molar-refractivity contribution in [2.75, 3.05) is 51.3 Å². The Morgan fingerprint density at radius 1 is 1.21 bits per heavy atom. The highest BCUT2D eigenvalue weighted by atomic mass is 16.6. The summed E-state index contributed by atoms with van der Waals surface area (Å²) in [7, 11) is 2.04. The van der Waals surface area contributed by atoms with Crippen LogP contribution in [-0.2, 0) is 4.74 Å². The van der Waals surface area contributed by atoms with Crippen molar-refractivity contribution in [1.82, 2.24) is 10.2 Å². The van der Waals surface area contributed by atoms with Crippen molar-refractivity contribution in [3.8, 4) is 5.75 Å². The molecule has 0 radical (unpaired) electrons. The van der Waals surface area contributed by atoms with Crippen LogP contribution in [0.5, 0.6) is 5.75 Å². The minimum atomic E-state index is -0.264. The maximum atomic E-state index is 11.7. The minimum absolute atomic E-state index is 0.264. The van der Waals surface area contributed by atoms with E-state index in [1.54, 1.807) is 4.90 Å². The predicted molar refractivity (Wildman–Crippen MR) is 93.8 cm³/mol. The van der Waals surface area contributed by atoms with Gasteiger partial charge in [-0.1, -0.05) is 0 Å². The van der Waals surface area contributed by atoms with Crippen molar-refractivity contribution in [1.29, 1.82) is 0 Å². The van der Waals surface area contributed by atoms with Gasteiger partial charge in [-0.2, -0.15) is 0 Å². The van der Waals surface area contributed by atoms with Crippen LogP contribution in [0, 0.1) is 0 Å². The number of nitrogens with one attached hydrogen (secondary N) is 1. The molecule has 0 aromatic heterocycles. The normalized spacial score (nSPS) is 20.0. The molecule has 1 aromatic carbocycles. The maximum absolute atomic E-state index is 11.7. The van der Waals surface area contributed by atoms with E-state index in [0.717, 1.165) is 37.5 Å². The Kier molecular flexibility index (Phi) is 5.93. The number of piperidine rings is 1. The molecule has 1 aromatic rings. The van der Waals surface area contributed by atoms with Crippen LogP contribution in [0.2, 0.25) is 0 Å². The van der Waals surface area contributed by atoms with Gasteiger partial charge in [0.05, 0.1) is 6.61 Å². The van der Waals surface area contributed by atoms with E-state index in [2.05, 4.69) is 10.2 Å². The van der Waals surface area contributed by atoms with E-state index in [4.69, 9.17) is 9.47 Å². The molecule has 0 bridgehead atoms. The summed E-state index contributed by atoms with van der Waals surface area (Å²) in [6, 6.07) is 8.34. The van der Waals surface area contributed by atoms with Gasteiger partial charge in [0, 0.05) is 24.8 Å². The number of ether oxygens (including phenoxy) is 2. The van der Waals surface area contributed by atoms with Crippen molar-refractivity contribution in [2.24, 2.45) is 0 Å². The van der Waals surface area contributed by atoms with Gasteiger partial charge in [0.2, 0.25) is 0 Å². The second-order valence-electron chi connectivity index (χ2n) is 6.37. The Morgan fingerprint density at radius 3 is 2.62 bits per heavy atom. The van der Waals surface area contributed by atoms with Gasteiger partial charge in [-0.25, -0.2) is 4.79 Å². The van der Waals surface area contributed by atoms with Crippen LogP contribution in [0.25, 0.3) is 0 Å². The Morgan fingerprint density at radius 2 is 1.96 bits per heavy atom. The quantitative estimate of drug-likeness (QED) is 0.864. The predicted octanol–water partition coefficient (Wildman–Crippen LogP) is 2.10. The third-order valence-corrected chi connectivity index (χ3v) is 4.79. The fourth-order valence-corrected chi connectivity index (χ4v) is 3.25. The molecule has 1 N–H and O–H groups in total. The molecule has 2 saturated heterocycles. The second-order valence-corrected chi connectivity index (χ2v) is 6.37. The van der Waals surface area contributed by atoms with Crippen LogP contribution >= 0.6 is 0 Å². The number of rotatable bonds is 6. The van der Waals surface area contributed by atoms with E-state index in [1.165, 1.54) is 12.8 Å². The van der Waals surface area contributed by atoms with E-state index in [9.17, 15) is 4.79 Å². The lowest BCUT2D eigenvalue weighted by atomic mass is 10.1. The van der Waals surface area contributed by atoms with Crippen LogP contribution in [-0.4, -0.2) is 63.5 Å². The molecule has 1 amide bonds. The molecule has 2 aliphatic heterocycles. The highest BCUT2D eigenvalue weighted by Gasteiger charge is 2.21. The Labute approximate surface area is 143 Å². The SMILES string of the molecule is CNC1CCN(CCOc2ccc(N3CCCOC3=O)cc2)CC1. The smallest absolute Gasteiger partial charge is 0.414 e. The molecule has 24 heavy (non-hydrogen) atoms. The van der Waals surface area contributed by atoms with Crippen LogP contribution in [0.1, 0.15) is 19.3 Å². The second kappa shape index (κ2) is 8.35. The van der Waals surface area contributed by atoms with Gasteiger partial charge in [0.15, 0.2) is 0 Å². The van der Waals surface area contributed by atoms with Crippen molar-refractivity contribution in [3.63, 3.8) is 0 Å². The van der Waals surface area contributed by atoms with Crippen molar-refractivity contribution < 1.29 is 14.3 Å². The summed E-state index contributed by atoms with van der Waals surface area (Å²) in [6.07, 6.45) is 3.02. The molecule has 0 saturated carbocycles. The molecular formula is C18H27N3O3. The monoisotopic (exact) mass is 333 g/mol. The van der Waals surface area contributed by atoms with E-state index in [1.807, 2.05) is 31.3 Å². The van der Waals surface area contributed by atoms with Crippen LogP contribution < -0.4 is 15.0 Å². The van der Waals surface area contributed by atoms with E-state index in [-0.39, 0.29) is 6.09 Å². The Bertz CT molecular complexity index is 527. The summed E-state index contributed by atoms with van der Waals surface area (Å²) < 4.78 is 10.9. The molecule has 6 nitrogen and oxygen atoms in total. The first-order valence-corrected chi connectivity index (χ1v) is 8.83. The third kappa shape index (κ3) is 4.39. The number of benzene rings is 1. The standard InChI is InChI=1S/C18H27N3O3/c1-19-15-7-10-20(11-8-15)12-14-23-17-5-3-16(4-6-17)21-9-2-13-24-18(21)22/h3-6,15,19H,2,7-14H2,1H3. The number of amides is 1. The third-order valence-electron chi connectivity index (χ3n) is 4.79. The number of cyclic esters (lactones) is 1. The molecule has 0 spiro atoms. The topological polar surface area (TPSA) is 54.0 Å². The first-order valence-electron chi connectivity index (χ1n) is 8.83. The molecule has 6 heteroatoms. The molecule has 0 atom stereocenters. The van der Waals surface area contributed by atoms with Gasteiger partial charge in [-0.3, -0.25) is 9.80 Å². The molecule has 2 aliphatic rings. The summed E-state index contributed by atoms with van der Waals surface area (Å²) in [5, 5.41) is 3.35. The first kappa shape index (κ1) is 17.0. The number of hydrogen-bond acceptors (Lipinski definition) is 5. The van der Waals surface area contributed by atoms with E-state index >= 15 is 0 Å². The fraction of sp³-hybridized carbons (Fsp3) is 0.611. The number of nitrogens with zero attached hydrogens (tertiary/aromatic N) is 2. The minimum Gasteiger partial charge on any atom is -0.492 e. The van der Waals surface area contributed by atoms with Crippen molar-refractivity contribution >= 4 is 11.8 Å². The summed E-state index contributed by atoms with van der Waals surface area (Å²) in [4.78, 5) is 15.9. The van der Waals surface area contributed by atoms with Gasteiger partial charge >= 0.3 is 6.09 Å². The Balaban J connectivity index is 1.42. The number of carbonyl (C=O) groups is 1. The van der Waals surface area contributed by atoms with Crippen LogP contribution in [0.4, 0.5) is 10.5 Å². The molecule has 3 rings (SSSR count). The number of carbonyl (C=O) groups excluding carboxylic acids is 1. The number of anilines is 1. The van der Waals surface area contributed by atoms with E-state index in [0.29, 0.717) is 25.8 Å². The summed E-state index contributed by atoms with van der Waals surface area (Å²) in [6.45, 7) is 5.13. The zero-order valence-electron chi connectivity index (χ0n) is 14.4. The lowest BCUT2D eigenvalue weighted by Crippen LogP contribution is -2.42. The molecule has 0 unspecified atom stereocenters. The van der Waals surface area contributed by atoms with Gasteiger partial charge in [-0.05, 0) is 63.7 Å².